The average Bonchev–Trinajstić information content (AvgIpc) is 3.37. The van der Waals surface area contributed by atoms with Crippen LogP contribution in [-0.4, -0.2) is 37.0 Å². The fraction of sp³-hybridized carbons (Fsp3) is 0.342. The highest BCUT2D eigenvalue weighted by molar-refractivity contribution is 9.10. The zero-order valence-electron chi connectivity index (χ0n) is 25.6. The second-order valence-corrected chi connectivity index (χ2v) is 12.9. The van der Waals surface area contributed by atoms with Crippen LogP contribution in [0.1, 0.15) is 36.1 Å². The molecule has 2 saturated heterocycles. The van der Waals surface area contributed by atoms with Gasteiger partial charge < -0.3 is 23.7 Å². The highest BCUT2D eigenvalue weighted by atomic mass is 79.9. The van der Waals surface area contributed by atoms with E-state index in [0.29, 0.717) is 19.8 Å². The zero-order valence-corrected chi connectivity index (χ0v) is 27.2. The number of rotatable bonds is 12. The van der Waals surface area contributed by atoms with Crippen LogP contribution in [0, 0.1) is 11.8 Å². The van der Waals surface area contributed by atoms with Gasteiger partial charge >= 0.3 is 0 Å². The number of benzene rings is 4. The Kier molecular flexibility index (Phi) is 10.2. The molecule has 2 aliphatic heterocycles. The van der Waals surface area contributed by atoms with E-state index in [1.807, 2.05) is 122 Å². The molecule has 2 fully saturated rings. The lowest BCUT2D eigenvalue weighted by molar-refractivity contribution is -0.293. The minimum absolute atomic E-state index is 0.0189. The van der Waals surface area contributed by atoms with Crippen molar-refractivity contribution in [3.8, 4) is 0 Å². The smallest absolute Gasteiger partial charge is 0.165 e. The van der Waals surface area contributed by atoms with E-state index in [1.165, 1.54) is 0 Å². The van der Waals surface area contributed by atoms with E-state index in [-0.39, 0.29) is 12.4 Å². The predicted molar refractivity (Wildman–Crippen MR) is 175 cm³/mol. The van der Waals surface area contributed by atoms with E-state index in [4.69, 9.17) is 23.7 Å². The molecule has 2 aliphatic rings. The Morgan fingerprint density at radius 3 is 1.78 bits per heavy atom. The number of ether oxygens (including phenoxy) is 5. The van der Waals surface area contributed by atoms with Gasteiger partial charge in [0.15, 0.2) is 6.29 Å². The lowest BCUT2D eigenvalue weighted by Gasteiger charge is -2.44. The summed E-state index contributed by atoms with van der Waals surface area (Å²) in [7, 11) is 0. The number of hydrogen-bond donors (Lipinski definition) is 0. The summed E-state index contributed by atoms with van der Waals surface area (Å²) in [4.78, 5) is 13.6. The van der Waals surface area contributed by atoms with Crippen LogP contribution in [0.15, 0.2) is 120 Å². The van der Waals surface area contributed by atoms with Gasteiger partial charge in [-0.1, -0.05) is 119 Å². The molecular weight excluding hydrogens is 632 g/mol. The van der Waals surface area contributed by atoms with Gasteiger partial charge in [-0.2, -0.15) is 0 Å². The van der Waals surface area contributed by atoms with Crippen molar-refractivity contribution >= 4 is 21.7 Å². The second-order valence-electron chi connectivity index (χ2n) is 12.0. The summed E-state index contributed by atoms with van der Waals surface area (Å²) >= 11 is 3.54. The van der Waals surface area contributed by atoms with Crippen molar-refractivity contribution in [1.82, 2.24) is 0 Å². The largest absolute Gasteiger partial charge is 0.374 e. The maximum absolute atomic E-state index is 13.6. The first-order chi connectivity index (χ1) is 21.9. The number of halogens is 1. The van der Waals surface area contributed by atoms with Crippen LogP contribution < -0.4 is 0 Å². The average molecular weight is 672 g/mol. The lowest BCUT2D eigenvalue weighted by Crippen LogP contribution is -2.58. The van der Waals surface area contributed by atoms with Gasteiger partial charge in [0.2, 0.25) is 0 Å². The van der Waals surface area contributed by atoms with Crippen LogP contribution in [0.25, 0.3) is 0 Å². The Hall–Kier alpha value is -3.17. The third-order valence-electron chi connectivity index (χ3n) is 8.85. The van der Waals surface area contributed by atoms with Gasteiger partial charge in [-0.3, -0.25) is 4.79 Å². The SMILES string of the molecule is CC(=O)[C@H]1C2C(O[C@H](COCc3ccccc3)[C@H](OCc3ccccc3)[C@@H]2OCc2ccccc2)O[C@]1(C)c1ccc(Br)cc1. The first kappa shape index (κ1) is 31.8. The maximum Gasteiger partial charge on any atom is 0.165 e. The fourth-order valence-corrected chi connectivity index (χ4v) is 6.96. The molecule has 6 nitrogen and oxygen atoms in total. The summed E-state index contributed by atoms with van der Waals surface area (Å²) in [5.74, 6) is -0.921. The Morgan fingerprint density at radius 1 is 0.733 bits per heavy atom. The van der Waals surface area contributed by atoms with Gasteiger partial charge in [0.1, 0.15) is 23.6 Å². The molecule has 0 amide bonds. The van der Waals surface area contributed by atoms with Gasteiger partial charge in [0, 0.05) is 4.47 Å². The summed E-state index contributed by atoms with van der Waals surface area (Å²) in [6.45, 7) is 5.05. The molecule has 45 heavy (non-hydrogen) atoms. The Bertz CT molecular complexity index is 1520. The molecule has 0 N–H and O–H groups in total. The third kappa shape index (κ3) is 7.30. The molecular formula is C38H39BrO6. The summed E-state index contributed by atoms with van der Waals surface area (Å²) in [6.07, 6.45) is -2.23. The summed E-state index contributed by atoms with van der Waals surface area (Å²) in [5.41, 5.74) is 3.12. The van der Waals surface area contributed by atoms with Crippen molar-refractivity contribution in [2.24, 2.45) is 11.8 Å². The molecule has 4 aromatic carbocycles. The van der Waals surface area contributed by atoms with E-state index in [1.54, 1.807) is 6.92 Å². The molecule has 2 unspecified atom stereocenters. The molecule has 0 radical (unpaired) electrons. The van der Waals surface area contributed by atoms with Crippen LogP contribution >= 0.6 is 15.9 Å². The van der Waals surface area contributed by atoms with Gasteiger partial charge in [-0.15, -0.1) is 0 Å². The Balaban J connectivity index is 1.35. The summed E-state index contributed by atoms with van der Waals surface area (Å²) in [5, 5.41) is 0. The summed E-state index contributed by atoms with van der Waals surface area (Å²) < 4.78 is 34.2. The van der Waals surface area contributed by atoms with Gasteiger partial charge in [0.25, 0.3) is 0 Å². The maximum atomic E-state index is 13.6. The molecule has 4 aromatic rings. The van der Waals surface area contributed by atoms with Crippen LogP contribution in [-0.2, 0) is 53.9 Å². The molecule has 2 heterocycles. The monoisotopic (exact) mass is 670 g/mol. The first-order valence-electron chi connectivity index (χ1n) is 15.4. The molecule has 234 valence electrons. The van der Waals surface area contributed by atoms with Crippen molar-refractivity contribution in [2.45, 2.75) is 63.9 Å². The standard InChI is InChI=1S/C38H39BrO6/c1-26(40)34-33-36(43-24-29-16-10-5-11-17-29)35(42-23-28-14-8-4-9-15-28)32(25-41-22-27-12-6-3-7-13-27)44-37(33)45-38(34,2)30-18-20-31(39)21-19-30/h3-21,32-37H,22-25H2,1-2H3/t32-,33?,34+,35+,36-,37?,38-/m1/s1. The van der Waals surface area contributed by atoms with Crippen LogP contribution in [0.2, 0.25) is 0 Å². The van der Waals surface area contributed by atoms with Gasteiger partial charge in [0.05, 0.1) is 44.4 Å². The fourth-order valence-electron chi connectivity index (χ4n) is 6.69. The molecule has 7 heteroatoms. The zero-order chi connectivity index (χ0) is 31.2. The highest BCUT2D eigenvalue weighted by Crippen LogP contribution is 2.53. The van der Waals surface area contributed by atoms with E-state index < -0.39 is 42.0 Å². The number of carbonyl (C=O) groups is 1. The van der Waals surface area contributed by atoms with Crippen molar-refractivity contribution in [3.05, 3.63) is 142 Å². The van der Waals surface area contributed by atoms with Crippen molar-refractivity contribution in [2.75, 3.05) is 6.61 Å². The topological polar surface area (TPSA) is 63.2 Å². The lowest BCUT2D eigenvalue weighted by atomic mass is 9.71. The molecule has 6 rings (SSSR count). The Labute approximate surface area is 273 Å². The van der Waals surface area contributed by atoms with Crippen molar-refractivity contribution in [1.29, 1.82) is 0 Å². The molecule has 0 spiro atoms. The van der Waals surface area contributed by atoms with Crippen LogP contribution in [0.3, 0.4) is 0 Å². The number of Topliss-reactive ketones (excluding diaryl/α,β-unsaturated/α-hetero) is 1. The van der Waals surface area contributed by atoms with Crippen molar-refractivity contribution in [3.63, 3.8) is 0 Å². The van der Waals surface area contributed by atoms with E-state index in [0.717, 1.165) is 26.7 Å². The number of hydrogen-bond acceptors (Lipinski definition) is 6. The highest BCUT2D eigenvalue weighted by Gasteiger charge is 2.63. The number of ketones is 1. The minimum atomic E-state index is -0.931. The molecule has 0 aliphatic carbocycles. The van der Waals surface area contributed by atoms with E-state index >= 15 is 0 Å². The first-order valence-corrected chi connectivity index (χ1v) is 16.2. The molecule has 0 bridgehead atoms. The number of carbonyl (C=O) groups excluding carboxylic acids is 1. The molecule has 0 saturated carbocycles. The quantitative estimate of drug-likeness (QED) is 0.154. The normalized spacial score (nSPS) is 27.6. The summed E-state index contributed by atoms with van der Waals surface area (Å²) in [6, 6.07) is 38.1. The Morgan fingerprint density at radius 2 is 1.24 bits per heavy atom. The number of fused-ring (bicyclic) bond motifs is 1. The van der Waals surface area contributed by atoms with E-state index in [9.17, 15) is 4.79 Å². The second kappa shape index (κ2) is 14.5. The molecule has 7 atom stereocenters. The van der Waals surface area contributed by atoms with Crippen LogP contribution in [0.4, 0.5) is 0 Å². The van der Waals surface area contributed by atoms with E-state index in [2.05, 4.69) is 15.9 Å². The van der Waals surface area contributed by atoms with Crippen molar-refractivity contribution < 1.29 is 28.5 Å². The van der Waals surface area contributed by atoms with Gasteiger partial charge in [-0.25, -0.2) is 0 Å². The predicted octanol–water partition coefficient (Wildman–Crippen LogP) is 7.63. The van der Waals surface area contributed by atoms with Gasteiger partial charge in [-0.05, 0) is 48.2 Å². The minimum Gasteiger partial charge on any atom is -0.374 e. The third-order valence-corrected chi connectivity index (χ3v) is 9.38. The van der Waals surface area contributed by atoms with Crippen LogP contribution in [0.5, 0.6) is 0 Å². The molecule has 0 aromatic heterocycles.